The van der Waals surface area contributed by atoms with Gasteiger partial charge in [-0.25, -0.2) is 23.6 Å². The van der Waals surface area contributed by atoms with E-state index in [4.69, 9.17) is 18.2 Å². The molecule has 258 valence electrons. The number of rotatable bonds is 10. The minimum atomic E-state index is -0.225. The molecule has 6 aromatic rings. The van der Waals surface area contributed by atoms with Crippen LogP contribution in [0.5, 0.6) is 0 Å². The van der Waals surface area contributed by atoms with Crippen molar-refractivity contribution in [1.29, 1.82) is 0 Å². The van der Waals surface area contributed by atoms with Crippen molar-refractivity contribution in [2.24, 2.45) is 0 Å². The number of nitrogens with zero attached hydrogens (tertiary/aromatic N) is 7. The molecular formula is C41H38ClF2N7. The van der Waals surface area contributed by atoms with Gasteiger partial charge in [0.1, 0.15) is 11.6 Å². The second kappa shape index (κ2) is 16.5. The normalized spacial score (nSPS) is 11.3. The van der Waals surface area contributed by atoms with E-state index in [-0.39, 0.29) is 22.5 Å². The van der Waals surface area contributed by atoms with Gasteiger partial charge in [0, 0.05) is 16.1 Å². The molecule has 0 fully saturated rings. The third-order valence-electron chi connectivity index (χ3n) is 8.80. The first-order valence-corrected chi connectivity index (χ1v) is 16.9. The van der Waals surface area contributed by atoms with Crippen molar-refractivity contribution in [3.8, 4) is 22.8 Å². The molecule has 0 spiro atoms. The molecule has 0 aliphatic heterocycles. The highest BCUT2D eigenvalue weighted by Gasteiger charge is 2.22. The van der Waals surface area contributed by atoms with E-state index in [0.29, 0.717) is 22.4 Å². The molecule has 0 aliphatic rings. The minimum Gasteiger partial charge on any atom is -0.238 e. The van der Waals surface area contributed by atoms with Gasteiger partial charge in [-0.05, 0) is 90.1 Å². The number of benzene rings is 4. The maximum Gasteiger partial charge on any atom is 0.187 e. The van der Waals surface area contributed by atoms with Crippen LogP contribution in [0, 0.1) is 18.2 Å². The predicted octanol–water partition coefficient (Wildman–Crippen LogP) is 10.4. The van der Waals surface area contributed by atoms with Crippen LogP contribution in [0.1, 0.15) is 63.1 Å². The molecular weight excluding hydrogens is 664 g/mol. The summed E-state index contributed by atoms with van der Waals surface area (Å²) < 4.78 is 26.2. The molecule has 0 saturated carbocycles. The highest BCUT2D eigenvalue weighted by atomic mass is 35.5. The summed E-state index contributed by atoms with van der Waals surface area (Å²) in [6, 6.07) is 27.9. The van der Waals surface area contributed by atoms with Crippen LogP contribution >= 0.6 is 11.6 Å². The summed E-state index contributed by atoms with van der Waals surface area (Å²) in [5.41, 5.74) is 5.83. The van der Waals surface area contributed by atoms with Crippen molar-refractivity contribution in [3.63, 3.8) is 0 Å². The third kappa shape index (κ3) is 10.3. The average Bonchev–Trinajstić information content (AvgIpc) is 3.14. The van der Waals surface area contributed by atoms with E-state index < -0.39 is 0 Å². The van der Waals surface area contributed by atoms with E-state index in [2.05, 4.69) is 62.9 Å². The summed E-state index contributed by atoms with van der Waals surface area (Å²) in [6.45, 7) is 15.6. The van der Waals surface area contributed by atoms with Crippen LogP contribution < -0.4 is 0 Å². The molecule has 0 bridgehead atoms. The van der Waals surface area contributed by atoms with Crippen molar-refractivity contribution >= 4 is 17.3 Å². The SMILES string of the molecule is CC(C)(CCc1cnc(-c2cccc(Cl)c2)nn1)c1ccc(F)cc1.[C-]#[N+]c1cccc(-c2ncc(CCC(C)(C)c3ccc(F)cc3)nn2)c1. The second-order valence-electron chi connectivity index (χ2n) is 13.5. The van der Waals surface area contributed by atoms with Crippen LogP contribution in [0.15, 0.2) is 109 Å². The Balaban J connectivity index is 0.000000198. The van der Waals surface area contributed by atoms with Gasteiger partial charge in [-0.1, -0.05) is 93.9 Å². The summed E-state index contributed by atoms with van der Waals surface area (Å²) in [6.07, 6.45) is 6.68. The quantitative estimate of drug-likeness (QED) is 0.132. The first-order chi connectivity index (χ1) is 24.4. The van der Waals surface area contributed by atoms with Crippen molar-refractivity contribution < 1.29 is 8.78 Å². The zero-order valence-corrected chi connectivity index (χ0v) is 29.7. The molecule has 2 heterocycles. The molecule has 0 aliphatic carbocycles. The number of aryl methyl sites for hydroxylation is 2. The van der Waals surface area contributed by atoms with Crippen LogP contribution in [0.25, 0.3) is 27.6 Å². The van der Waals surface area contributed by atoms with Crippen LogP contribution in [-0.2, 0) is 23.7 Å². The Morgan fingerprint density at radius 2 is 1.06 bits per heavy atom. The number of aromatic nitrogens is 6. The van der Waals surface area contributed by atoms with Crippen LogP contribution in [0.3, 0.4) is 0 Å². The summed E-state index contributed by atoms with van der Waals surface area (Å²) >= 11 is 5.99. The monoisotopic (exact) mass is 701 g/mol. The molecule has 51 heavy (non-hydrogen) atoms. The lowest BCUT2D eigenvalue weighted by molar-refractivity contribution is 0.474. The van der Waals surface area contributed by atoms with E-state index in [9.17, 15) is 8.78 Å². The Bertz CT molecular complexity index is 2080. The molecule has 0 unspecified atom stereocenters. The number of halogens is 3. The number of hydrogen-bond donors (Lipinski definition) is 0. The van der Waals surface area contributed by atoms with Crippen LogP contribution in [-0.4, -0.2) is 30.4 Å². The fourth-order valence-electron chi connectivity index (χ4n) is 5.41. The molecule has 6 rings (SSSR count). The zero-order valence-electron chi connectivity index (χ0n) is 29.0. The van der Waals surface area contributed by atoms with Gasteiger partial charge >= 0.3 is 0 Å². The molecule has 0 radical (unpaired) electrons. The van der Waals surface area contributed by atoms with Crippen molar-refractivity contribution in [3.05, 3.63) is 160 Å². The largest absolute Gasteiger partial charge is 0.238 e. The molecule has 0 N–H and O–H groups in total. The molecule has 4 aromatic carbocycles. The van der Waals surface area contributed by atoms with Gasteiger partial charge in [0.2, 0.25) is 0 Å². The Hall–Kier alpha value is -5.46. The average molecular weight is 702 g/mol. The maximum absolute atomic E-state index is 13.1. The van der Waals surface area contributed by atoms with Crippen molar-refractivity contribution in [1.82, 2.24) is 30.4 Å². The standard InChI is InChI=1S/C21H19FN4.C20H19ClFN3/c1-21(2,16-7-9-17(22)10-8-16)12-11-19-14-24-20(26-25-19)15-5-4-6-18(13-15)23-3;1-20(2,15-6-8-17(22)9-7-15)11-10-18-13-23-19(25-24-18)14-4-3-5-16(21)12-14/h4-10,13-14H,11-12H2,1-2H3;3-9,12-13H,10-11H2,1-2H3. The Morgan fingerprint density at radius 1 is 0.608 bits per heavy atom. The molecule has 0 amide bonds. The molecule has 0 saturated heterocycles. The lowest BCUT2D eigenvalue weighted by Gasteiger charge is -2.25. The van der Waals surface area contributed by atoms with Gasteiger partial charge in [-0.15, -0.1) is 10.2 Å². The molecule has 0 atom stereocenters. The van der Waals surface area contributed by atoms with Gasteiger partial charge in [0.25, 0.3) is 0 Å². The number of hydrogen-bond acceptors (Lipinski definition) is 6. The fraction of sp³-hybridized carbons (Fsp3) is 0.244. The fourth-order valence-corrected chi connectivity index (χ4v) is 5.60. The first kappa shape index (κ1) is 36.8. The summed E-state index contributed by atoms with van der Waals surface area (Å²) in [5.74, 6) is 0.629. The highest BCUT2D eigenvalue weighted by molar-refractivity contribution is 6.30. The topological polar surface area (TPSA) is 81.7 Å². The third-order valence-corrected chi connectivity index (χ3v) is 9.03. The van der Waals surface area contributed by atoms with Crippen LogP contribution in [0.4, 0.5) is 14.5 Å². The molecule has 10 heteroatoms. The van der Waals surface area contributed by atoms with E-state index in [0.717, 1.165) is 59.3 Å². The Labute approximate surface area is 302 Å². The molecule has 2 aromatic heterocycles. The lowest BCUT2D eigenvalue weighted by Crippen LogP contribution is -2.18. The predicted molar refractivity (Wildman–Crippen MR) is 197 cm³/mol. The Kier molecular flexibility index (Phi) is 11.9. The second-order valence-corrected chi connectivity index (χ2v) is 13.9. The van der Waals surface area contributed by atoms with Gasteiger partial charge < -0.3 is 0 Å². The first-order valence-electron chi connectivity index (χ1n) is 16.5. The van der Waals surface area contributed by atoms with Gasteiger partial charge in [-0.3, -0.25) is 0 Å². The van der Waals surface area contributed by atoms with Crippen LogP contribution in [0.2, 0.25) is 5.02 Å². The highest BCUT2D eigenvalue weighted by Crippen LogP contribution is 2.30. The summed E-state index contributed by atoms with van der Waals surface area (Å²) in [5, 5.41) is 17.6. The summed E-state index contributed by atoms with van der Waals surface area (Å²) in [7, 11) is 0. The molecule has 7 nitrogen and oxygen atoms in total. The zero-order chi connectivity index (χ0) is 36.4. The van der Waals surface area contributed by atoms with Crippen molar-refractivity contribution in [2.75, 3.05) is 0 Å². The maximum atomic E-state index is 13.1. The van der Waals surface area contributed by atoms with Crippen molar-refractivity contribution in [2.45, 2.75) is 64.2 Å². The van der Waals surface area contributed by atoms with Gasteiger partial charge in [0.05, 0.1) is 30.4 Å². The summed E-state index contributed by atoms with van der Waals surface area (Å²) in [4.78, 5) is 12.2. The van der Waals surface area contributed by atoms with E-state index >= 15 is 0 Å². The van der Waals surface area contributed by atoms with Gasteiger partial charge in [0.15, 0.2) is 17.3 Å². The van der Waals surface area contributed by atoms with Gasteiger partial charge in [-0.2, -0.15) is 10.2 Å². The lowest BCUT2D eigenvalue weighted by atomic mass is 9.80. The minimum absolute atomic E-state index is 0.0823. The van der Waals surface area contributed by atoms with E-state index in [1.165, 1.54) is 24.3 Å². The van der Waals surface area contributed by atoms with E-state index in [1.807, 2.05) is 60.7 Å². The Morgan fingerprint density at radius 3 is 1.47 bits per heavy atom. The van der Waals surface area contributed by atoms with E-state index in [1.54, 1.807) is 24.5 Å². The smallest absolute Gasteiger partial charge is 0.187 e.